The van der Waals surface area contributed by atoms with E-state index in [1.165, 1.54) is 5.56 Å². The van der Waals surface area contributed by atoms with Crippen molar-refractivity contribution >= 4 is 0 Å². The first-order valence-electron chi connectivity index (χ1n) is 6.34. The number of nitrogens with zero attached hydrogens (tertiary/aromatic N) is 2. The van der Waals surface area contributed by atoms with Crippen molar-refractivity contribution in [3.05, 3.63) is 23.8 Å². The van der Waals surface area contributed by atoms with Crippen LogP contribution in [0, 0.1) is 0 Å². The molecule has 0 aliphatic carbocycles. The molecular weight excluding hydrogens is 228 g/mol. The summed E-state index contributed by atoms with van der Waals surface area (Å²) in [6.45, 7) is 5.45. The number of benzene rings is 1. The Bertz CT molecular complexity index is 387. The van der Waals surface area contributed by atoms with Gasteiger partial charge in [0, 0.05) is 44.4 Å². The molecule has 1 aromatic carbocycles. The molecular formula is C14H22N2O2. The highest BCUT2D eigenvalue weighted by molar-refractivity contribution is 5.40. The maximum Gasteiger partial charge on any atom is 0.127 e. The summed E-state index contributed by atoms with van der Waals surface area (Å²) in [5.74, 6) is 1.75. The van der Waals surface area contributed by atoms with Crippen LogP contribution < -0.4 is 9.47 Å². The van der Waals surface area contributed by atoms with Gasteiger partial charge in [0.1, 0.15) is 11.5 Å². The standard InChI is InChI=1S/C14H22N2O2/c1-15-6-8-16(9-7-15)11-12-4-5-13(17-2)10-14(12)18-3/h4-5,10H,6-9,11H2,1-3H3. The SMILES string of the molecule is COc1ccc(CN2CCN(C)CC2)c(OC)c1. The fourth-order valence-electron chi connectivity index (χ4n) is 2.23. The van der Waals surface area contributed by atoms with Crippen LogP contribution in [-0.4, -0.2) is 57.2 Å². The van der Waals surface area contributed by atoms with E-state index in [2.05, 4.69) is 22.9 Å². The summed E-state index contributed by atoms with van der Waals surface area (Å²) in [4.78, 5) is 4.83. The summed E-state index contributed by atoms with van der Waals surface area (Å²) in [6.07, 6.45) is 0. The average molecular weight is 250 g/mol. The van der Waals surface area contributed by atoms with E-state index in [4.69, 9.17) is 9.47 Å². The molecule has 100 valence electrons. The molecule has 1 fully saturated rings. The molecule has 0 unspecified atom stereocenters. The van der Waals surface area contributed by atoms with Crippen LogP contribution >= 0.6 is 0 Å². The van der Waals surface area contributed by atoms with E-state index in [0.29, 0.717) is 0 Å². The molecule has 0 bridgehead atoms. The van der Waals surface area contributed by atoms with Crippen molar-refractivity contribution in [3.8, 4) is 11.5 Å². The van der Waals surface area contributed by atoms with Crippen molar-refractivity contribution in [2.75, 3.05) is 47.4 Å². The fraction of sp³-hybridized carbons (Fsp3) is 0.571. The number of hydrogen-bond donors (Lipinski definition) is 0. The van der Waals surface area contributed by atoms with Gasteiger partial charge in [0.25, 0.3) is 0 Å². The maximum absolute atomic E-state index is 5.43. The Morgan fingerprint density at radius 2 is 1.78 bits per heavy atom. The van der Waals surface area contributed by atoms with Gasteiger partial charge in [-0.2, -0.15) is 0 Å². The molecule has 2 rings (SSSR count). The lowest BCUT2D eigenvalue weighted by Gasteiger charge is -2.32. The maximum atomic E-state index is 5.43. The van der Waals surface area contributed by atoms with Crippen LogP contribution in [0.4, 0.5) is 0 Å². The van der Waals surface area contributed by atoms with Crippen molar-refractivity contribution in [1.29, 1.82) is 0 Å². The third-order valence-electron chi connectivity index (χ3n) is 3.48. The van der Waals surface area contributed by atoms with Crippen LogP contribution in [0.1, 0.15) is 5.56 Å². The van der Waals surface area contributed by atoms with Gasteiger partial charge >= 0.3 is 0 Å². The fourth-order valence-corrected chi connectivity index (χ4v) is 2.23. The molecule has 0 radical (unpaired) electrons. The molecule has 0 spiro atoms. The normalized spacial score (nSPS) is 17.7. The first-order valence-corrected chi connectivity index (χ1v) is 6.34. The largest absolute Gasteiger partial charge is 0.497 e. The minimum atomic E-state index is 0.842. The van der Waals surface area contributed by atoms with Crippen molar-refractivity contribution in [2.45, 2.75) is 6.54 Å². The lowest BCUT2D eigenvalue weighted by atomic mass is 10.1. The Labute approximate surface area is 109 Å². The summed E-state index contributed by atoms with van der Waals surface area (Å²) in [6, 6.07) is 6.04. The van der Waals surface area contributed by atoms with Gasteiger partial charge in [-0.1, -0.05) is 6.07 Å². The van der Waals surface area contributed by atoms with E-state index in [-0.39, 0.29) is 0 Å². The van der Waals surface area contributed by atoms with Gasteiger partial charge in [0.15, 0.2) is 0 Å². The van der Waals surface area contributed by atoms with E-state index in [0.717, 1.165) is 44.2 Å². The highest BCUT2D eigenvalue weighted by atomic mass is 16.5. The van der Waals surface area contributed by atoms with Gasteiger partial charge in [-0.15, -0.1) is 0 Å². The number of piperazine rings is 1. The number of hydrogen-bond acceptors (Lipinski definition) is 4. The van der Waals surface area contributed by atoms with E-state index >= 15 is 0 Å². The molecule has 1 saturated heterocycles. The number of likely N-dealkylation sites (N-methyl/N-ethyl adjacent to an activating group) is 1. The van der Waals surface area contributed by atoms with Gasteiger partial charge in [-0.25, -0.2) is 0 Å². The van der Waals surface area contributed by atoms with Crippen LogP contribution in [0.5, 0.6) is 11.5 Å². The van der Waals surface area contributed by atoms with E-state index in [9.17, 15) is 0 Å². The first-order chi connectivity index (χ1) is 8.72. The molecule has 1 heterocycles. The molecule has 0 atom stereocenters. The smallest absolute Gasteiger partial charge is 0.127 e. The summed E-state index contributed by atoms with van der Waals surface area (Å²) < 4.78 is 10.6. The quantitative estimate of drug-likeness (QED) is 0.807. The molecule has 4 nitrogen and oxygen atoms in total. The van der Waals surface area contributed by atoms with Crippen LogP contribution in [0.3, 0.4) is 0 Å². The van der Waals surface area contributed by atoms with Crippen molar-refractivity contribution in [3.63, 3.8) is 0 Å². The molecule has 1 aliphatic heterocycles. The van der Waals surface area contributed by atoms with Crippen LogP contribution in [0.15, 0.2) is 18.2 Å². The Hall–Kier alpha value is -1.26. The monoisotopic (exact) mass is 250 g/mol. The molecule has 1 aliphatic rings. The Kier molecular flexibility index (Phi) is 4.44. The number of methoxy groups -OCH3 is 2. The summed E-state index contributed by atoms with van der Waals surface area (Å²) >= 11 is 0. The van der Waals surface area contributed by atoms with Crippen molar-refractivity contribution < 1.29 is 9.47 Å². The summed E-state index contributed by atoms with van der Waals surface area (Å²) in [5.41, 5.74) is 1.22. The molecule has 1 aromatic rings. The van der Waals surface area contributed by atoms with Crippen molar-refractivity contribution in [2.24, 2.45) is 0 Å². The van der Waals surface area contributed by atoms with E-state index in [1.807, 2.05) is 12.1 Å². The van der Waals surface area contributed by atoms with Gasteiger partial charge in [0.2, 0.25) is 0 Å². The highest BCUT2D eigenvalue weighted by Gasteiger charge is 2.15. The number of rotatable bonds is 4. The predicted molar refractivity (Wildman–Crippen MR) is 72.3 cm³/mol. The molecule has 18 heavy (non-hydrogen) atoms. The zero-order valence-corrected chi connectivity index (χ0v) is 11.5. The second kappa shape index (κ2) is 6.07. The average Bonchev–Trinajstić information content (AvgIpc) is 2.41. The van der Waals surface area contributed by atoms with Crippen LogP contribution in [0.2, 0.25) is 0 Å². The lowest BCUT2D eigenvalue weighted by Crippen LogP contribution is -2.43. The Morgan fingerprint density at radius 1 is 1.06 bits per heavy atom. The third-order valence-corrected chi connectivity index (χ3v) is 3.48. The topological polar surface area (TPSA) is 24.9 Å². The summed E-state index contributed by atoms with van der Waals surface area (Å²) in [5, 5.41) is 0. The van der Waals surface area contributed by atoms with Gasteiger partial charge < -0.3 is 14.4 Å². The van der Waals surface area contributed by atoms with Crippen LogP contribution in [0.25, 0.3) is 0 Å². The molecule has 0 aromatic heterocycles. The van der Waals surface area contributed by atoms with Gasteiger partial charge in [0.05, 0.1) is 14.2 Å². The zero-order valence-electron chi connectivity index (χ0n) is 11.5. The summed E-state index contributed by atoms with van der Waals surface area (Å²) in [7, 11) is 5.56. The molecule has 0 saturated carbocycles. The Morgan fingerprint density at radius 3 is 2.39 bits per heavy atom. The first kappa shape index (κ1) is 13.2. The zero-order chi connectivity index (χ0) is 13.0. The minimum Gasteiger partial charge on any atom is -0.497 e. The highest BCUT2D eigenvalue weighted by Crippen LogP contribution is 2.25. The van der Waals surface area contributed by atoms with E-state index < -0.39 is 0 Å². The van der Waals surface area contributed by atoms with Crippen molar-refractivity contribution in [1.82, 2.24) is 9.80 Å². The molecule has 4 heteroatoms. The van der Waals surface area contributed by atoms with Crippen LogP contribution in [-0.2, 0) is 6.54 Å². The second-order valence-corrected chi connectivity index (χ2v) is 4.76. The molecule has 0 N–H and O–H groups in total. The number of ether oxygens (including phenoxy) is 2. The second-order valence-electron chi connectivity index (χ2n) is 4.76. The minimum absolute atomic E-state index is 0.842. The van der Waals surface area contributed by atoms with E-state index in [1.54, 1.807) is 14.2 Å². The Balaban J connectivity index is 2.04. The third kappa shape index (κ3) is 3.15. The predicted octanol–water partition coefficient (Wildman–Crippen LogP) is 1.45. The molecule has 0 amide bonds. The lowest BCUT2D eigenvalue weighted by molar-refractivity contribution is 0.147. The van der Waals surface area contributed by atoms with Gasteiger partial charge in [-0.3, -0.25) is 4.90 Å². The van der Waals surface area contributed by atoms with Gasteiger partial charge in [-0.05, 0) is 13.1 Å².